The van der Waals surface area contributed by atoms with Gasteiger partial charge in [0, 0.05) is 16.0 Å². The van der Waals surface area contributed by atoms with E-state index in [2.05, 4.69) is 48.4 Å². The smallest absolute Gasteiger partial charge is 0.266 e. The minimum atomic E-state index is -0.666. The fraction of sp³-hybridized carbons (Fsp3) is 0.273. The first-order chi connectivity index (χ1) is 13.5. The summed E-state index contributed by atoms with van der Waals surface area (Å²) >= 11 is 7.34. The van der Waals surface area contributed by atoms with Crippen LogP contribution < -0.4 is 10.1 Å². The maximum Gasteiger partial charge on any atom is 0.266 e. The number of nitrogens with one attached hydrogen (secondary N) is 1. The van der Waals surface area contributed by atoms with Crippen molar-refractivity contribution >= 4 is 34.0 Å². The summed E-state index contributed by atoms with van der Waals surface area (Å²) in [5.41, 5.74) is 3.20. The lowest BCUT2D eigenvalue weighted by Crippen LogP contribution is -2.30. The van der Waals surface area contributed by atoms with Crippen LogP contribution in [-0.4, -0.2) is 17.0 Å². The second-order valence-corrected chi connectivity index (χ2v) is 7.97. The van der Waals surface area contributed by atoms with Crippen LogP contribution in [0.1, 0.15) is 38.7 Å². The molecule has 2 aromatic carbocycles. The van der Waals surface area contributed by atoms with Crippen molar-refractivity contribution in [2.24, 2.45) is 0 Å². The molecule has 0 radical (unpaired) electrons. The lowest BCUT2D eigenvalue weighted by Gasteiger charge is -2.13. The van der Waals surface area contributed by atoms with Gasteiger partial charge in [0.05, 0.1) is 5.69 Å². The Morgan fingerprint density at radius 2 is 1.96 bits per heavy atom. The van der Waals surface area contributed by atoms with Crippen LogP contribution in [0.3, 0.4) is 0 Å². The number of amides is 1. The Kier molecular flexibility index (Phi) is 6.70. The fourth-order valence-electron chi connectivity index (χ4n) is 2.69. The van der Waals surface area contributed by atoms with Gasteiger partial charge in [0.2, 0.25) is 0 Å². The molecule has 0 spiro atoms. The quantitative estimate of drug-likeness (QED) is 0.487. The van der Waals surface area contributed by atoms with Crippen molar-refractivity contribution in [2.45, 2.75) is 39.2 Å². The number of thiazole rings is 1. The lowest BCUT2D eigenvalue weighted by molar-refractivity contribution is -0.122. The van der Waals surface area contributed by atoms with Crippen LogP contribution in [0.15, 0.2) is 53.9 Å². The maximum atomic E-state index is 12.4. The van der Waals surface area contributed by atoms with E-state index in [0.717, 1.165) is 17.7 Å². The minimum absolute atomic E-state index is 0.256. The zero-order valence-electron chi connectivity index (χ0n) is 16.1. The van der Waals surface area contributed by atoms with Gasteiger partial charge in [-0.05, 0) is 43.0 Å². The highest BCUT2D eigenvalue weighted by Crippen LogP contribution is 2.27. The third-order valence-corrected chi connectivity index (χ3v) is 5.59. The van der Waals surface area contributed by atoms with Gasteiger partial charge in [0.25, 0.3) is 5.91 Å². The van der Waals surface area contributed by atoms with Crippen molar-refractivity contribution in [1.82, 2.24) is 4.98 Å². The van der Waals surface area contributed by atoms with Crippen molar-refractivity contribution in [1.29, 1.82) is 0 Å². The van der Waals surface area contributed by atoms with E-state index in [1.165, 1.54) is 16.9 Å². The minimum Gasteiger partial charge on any atom is -0.481 e. The average Bonchev–Trinajstić information content (AvgIpc) is 3.16. The van der Waals surface area contributed by atoms with E-state index in [1.54, 1.807) is 31.2 Å². The Hall–Kier alpha value is -2.37. The maximum absolute atomic E-state index is 12.4. The van der Waals surface area contributed by atoms with Crippen LogP contribution in [-0.2, 0) is 4.79 Å². The van der Waals surface area contributed by atoms with E-state index in [4.69, 9.17) is 16.3 Å². The molecule has 0 bridgehead atoms. The predicted octanol–water partition coefficient (Wildman–Crippen LogP) is 6.38. The predicted molar refractivity (Wildman–Crippen MR) is 116 cm³/mol. The summed E-state index contributed by atoms with van der Waals surface area (Å²) in [6, 6.07) is 15.4. The fourth-order valence-corrected chi connectivity index (χ4v) is 3.59. The van der Waals surface area contributed by atoms with Crippen molar-refractivity contribution < 1.29 is 9.53 Å². The van der Waals surface area contributed by atoms with Crippen molar-refractivity contribution in [3.05, 3.63) is 64.5 Å². The molecule has 1 aromatic heterocycles. The summed E-state index contributed by atoms with van der Waals surface area (Å²) in [7, 11) is 0. The van der Waals surface area contributed by atoms with E-state index < -0.39 is 6.10 Å². The molecular weight excluding hydrogens is 392 g/mol. The van der Waals surface area contributed by atoms with Gasteiger partial charge in [-0.3, -0.25) is 10.1 Å². The van der Waals surface area contributed by atoms with Crippen LogP contribution in [0.4, 0.5) is 5.13 Å². The monoisotopic (exact) mass is 414 g/mol. The zero-order valence-corrected chi connectivity index (χ0v) is 17.7. The van der Waals surface area contributed by atoms with Gasteiger partial charge in [-0.15, -0.1) is 11.3 Å². The standard InChI is InChI=1S/C22H23ClN2O2S/c1-4-14(2)16-8-10-17(11-9-16)20-13-28-22(24-20)25-21(26)15(3)27-19-7-5-6-18(23)12-19/h5-15H,4H2,1-3H3,(H,24,25,26). The van der Waals surface area contributed by atoms with E-state index in [-0.39, 0.29) is 5.91 Å². The zero-order chi connectivity index (χ0) is 20.1. The van der Waals surface area contributed by atoms with Crippen molar-refractivity contribution in [3.63, 3.8) is 0 Å². The number of ether oxygens (including phenoxy) is 1. The SMILES string of the molecule is CCC(C)c1ccc(-c2csc(NC(=O)C(C)Oc3cccc(Cl)c3)n2)cc1. The van der Waals surface area contributed by atoms with Crippen molar-refractivity contribution in [2.75, 3.05) is 5.32 Å². The number of carbonyl (C=O) groups excluding carboxylic acids is 1. The number of hydrogen-bond acceptors (Lipinski definition) is 4. The van der Waals surface area contributed by atoms with Gasteiger partial charge in [-0.1, -0.05) is 55.8 Å². The Labute approximate surface area is 174 Å². The molecular formula is C22H23ClN2O2S. The highest BCUT2D eigenvalue weighted by Gasteiger charge is 2.17. The first-order valence-electron chi connectivity index (χ1n) is 9.25. The molecule has 2 unspecified atom stereocenters. The Balaban J connectivity index is 1.62. The molecule has 0 fully saturated rings. The first-order valence-corrected chi connectivity index (χ1v) is 10.5. The summed E-state index contributed by atoms with van der Waals surface area (Å²) in [4.78, 5) is 16.9. The average molecular weight is 415 g/mol. The van der Waals surface area contributed by atoms with Crippen LogP contribution in [0, 0.1) is 0 Å². The second-order valence-electron chi connectivity index (χ2n) is 6.68. The molecule has 146 valence electrons. The normalized spacial score (nSPS) is 13.0. The number of halogens is 1. The number of carbonyl (C=O) groups is 1. The third-order valence-electron chi connectivity index (χ3n) is 4.60. The van der Waals surface area contributed by atoms with Gasteiger partial charge in [0.15, 0.2) is 11.2 Å². The van der Waals surface area contributed by atoms with Gasteiger partial charge in [-0.25, -0.2) is 4.98 Å². The van der Waals surface area contributed by atoms with Crippen LogP contribution in [0.2, 0.25) is 5.02 Å². The lowest BCUT2D eigenvalue weighted by atomic mass is 9.97. The molecule has 4 nitrogen and oxygen atoms in total. The number of benzene rings is 2. The molecule has 3 aromatic rings. The number of aromatic nitrogens is 1. The van der Waals surface area contributed by atoms with E-state index in [9.17, 15) is 4.79 Å². The Morgan fingerprint density at radius 3 is 2.64 bits per heavy atom. The number of rotatable bonds is 7. The van der Waals surface area contributed by atoms with E-state index in [0.29, 0.717) is 21.8 Å². The summed E-state index contributed by atoms with van der Waals surface area (Å²) in [6.07, 6.45) is 0.447. The summed E-state index contributed by atoms with van der Waals surface area (Å²) in [5, 5.41) is 5.87. The van der Waals surface area contributed by atoms with E-state index >= 15 is 0 Å². The molecule has 28 heavy (non-hydrogen) atoms. The van der Waals surface area contributed by atoms with Crippen molar-refractivity contribution in [3.8, 4) is 17.0 Å². The summed E-state index contributed by atoms with van der Waals surface area (Å²) in [6.45, 7) is 6.10. The Morgan fingerprint density at radius 1 is 1.21 bits per heavy atom. The molecule has 1 N–H and O–H groups in total. The largest absolute Gasteiger partial charge is 0.481 e. The van der Waals surface area contributed by atoms with Gasteiger partial charge in [-0.2, -0.15) is 0 Å². The van der Waals surface area contributed by atoms with Gasteiger partial charge >= 0.3 is 0 Å². The molecule has 2 atom stereocenters. The molecule has 1 heterocycles. The summed E-state index contributed by atoms with van der Waals surface area (Å²) < 4.78 is 5.65. The molecule has 1 amide bonds. The Bertz CT molecular complexity index is 940. The molecule has 0 saturated heterocycles. The first kappa shape index (κ1) is 20.4. The number of anilines is 1. The topological polar surface area (TPSA) is 51.2 Å². The number of hydrogen-bond donors (Lipinski definition) is 1. The third kappa shape index (κ3) is 5.12. The molecule has 3 rings (SSSR count). The van der Waals surface area contributed by atoms with Gasteiger partial charge < -0.3 is 4.74 Å². The molecule has 0 aliphatic carbocycles. The number of nitrogens with zero attached hydrogens (tertiary/aromatic N) is 1. The second kappa shape index (κ2) is 9.22. The highest BCUT2D eigenvalue weighted by molar-refractivity contribution is 7.14. The highest BCUT2D eigenvalue weighted by atomic mass is 35.5. The van der Waals surface area contributed by atoms with Gasteiger partial charge in [0.1, 0.15) is 5.75 Å². The van der Waals surface area contributed by atoms with Crippen LogP contribution in [0.5, 0.6) is 5.75 Å². The van der Waals surface area contributed by atoms with E-state index in [1.807, 2.05) is 5.38 Å². The molecule has 0 aliphatic heterocycles. The molecule has 0 saturated carbocycles. The van der Waals surface area contributed by atoms with Crippen LogP contribution >= 0.6 is 22.9 Å². The van der Waals surface area contributed by atoms with Crippen LogP contribution in [0.25, 0.3) is 11.3 Å². The molecule has 6 heteroatoms. The summed E-state index contributed by atoms with van der Waals surface area (Å²) in [5.74, 6) is 0.838. The molecule has 0 aliphatic rings.